The molecule has 156 valence electrons. The number of benzene rings is 3. The summed E-state index contributed by atoms with van der Waals surface area (Å²) in [5.41, 5.74) is 5.73. The van der Waals surface area contributed by atoms with E-state index in [0.29, 0.717) is 5.71 Å². The summed E-state index contributed by atoms with van der Waals surface area (Å²) in [6.07, 6.45) is -1.06. The molecule has 3 amide bonds. The average molecular weight is 412 g/mol. The van der Waals surface area contributed by atoms with Crippen LogP contribution in [0.2, 0.25) is 0 Å². The van der Waals surface area contributed by atoms with Gasteiger partial charge in [0.2, 0.25) is 6.17 Å². The van der Waals surface area contributed by atoms with Crippen LogP contribution in [0.15, 0.2) is 77.8 Å². The van der Waals surface area contributed by atoms with Crippen molar-refractivity contribution in [3.8, 4) is 0 Å². The Balaban J connectivity index is 1.70. The zero-order chi connectivity index (χ0) is 22.0. The monoisotopic (exact) mass is 412 g/mol. The lowest BCUT2D eigenvalue weighted by molar-refractivity contribution is -0.119. The summed E-state index contributed by atoms with van der Waals surface area (Å²) in [6.45, 7) is 3.85. The summed E-state index contributed by atoms with van der Waals surface area (Å²) in [5.74, 6) is -0.310. The predicted molar refractivity (Wildman–Crippen MR) is 124 cm³/mol. The van der Waals surface area contributed by atoms with Crippen LogP contribution < -0.4 is 15.5 Å². The number of rotatable bonds is 3. The van der Waals surface area contributed by atoms with Gasteiger partial charge in [0.15, 0.2) is 0 Å². The second kappa shape index (κ2) is 8.44. The number of urea groups is 1. The molecule has 0 spiro atoms. The van der Waals surface area contributed by atoms with E-state index in [9.17, 15) is 9.59 Å². The molecule has 0 saturated carbocycles. The van der Waals surface area contributed by atoms with Gasteiger partial charge in [0.25, 0.3) is 5.91 Å². The molecule has 0 aliphatic carbocycles. The molecule has 0 saturated heterocycles. The van der Waals surface area contributed by atoms with Crippen LogP contribution in [-0.4, -0.2) is 30.9 Å². The number of carbonyl (C=O) groups is 2. The Bertz CT molecular complexity index is 1150. The number of nitrogens with zero attached hydrogens (tertiary/aromatic N) is 2. The SMILES string of the molecule is Cc1cccc(C)c1NC(=O)NC1N=C(c2ccccc2)c2ccccc2N(C)C1=O. The maximum Gasteiger partial charge on any atom is 0.321 e. The van der Waals surface area contributed by atoms with Gasteiger partial charge in [0, 0.05) is 23.9 Å². The fraction of sp³-hybridized carbons (Fsp3) is 0.160. The normalized spacial score (nSPS) is 15.6. The van der Waals surface area contributed by atoms with Crippen molar-refractivity contribution in [1.29, 1.82) is 0 Å². The van der Waals surface area contributed by atoms with Crippen molar-refractivity contribution in [2.45, 2.75) is 20.0 Å². The molecule has 6 nitrogen and oxygen atoms in total. The summed E-state index contributed by atoms with van der Waals surface area (Å²) in [4.78, 5) is 32.2. The molecule has 3 aromatic rings. The molecule has 0 radical (unpaired) electrons. The summed E-state index contributed by atoms with van der Waals surface area (Å²) < 4.78 is 0. The van der Waals surface area contributed by atoms with Crippen LogP contribution in [0.5, 0.6) is 0 Å². The third-order valence-corrected chi connectivity index (χ3v) is 5.38. The van der Waals surface area contributed by atoms with Crippen LogP contribution >= 0.6 is 0 Å². The highest BCUT2D eigenvalue weighted by Gasteiger charge is 2.31. The van der Waals surface area contributed by atoms with Gasteiger partial charge in [0.1, 0.15) is 0 Å². The van der Waals surface area contributed by atoms with Crippen LogP contribution in [0.4, 0.5) is 16.2 Å². The standard InChI is InChI=1S/C25H24N4O2/c1-16-10-9-11-17(2)21(16)27-25(31)28-23-24(30)29(3)20-15-8-7-14-19(20)22(26-23)18-12-5-4-6-13-18/h4-15,23H,1-3H3,(H2,27,28,31). The lowest BCUT2D eigenvalue weighted by Crippen LogP contribution is -2.47. The van der Waals surface area contributed by atoms with Gasteiger partial charge in [-0.25, -0.2) is 9.79 Å². The van der Waals surface area contributed by atoms with E-state index in [0.717, 1.165) is 33.6 Å². The van der Waals surface area contributed by atoms with Crippen molar-refractivity contribution in [1.82, 2.24) is 5.32 Å². The average Bonchev–Trinajstić information content (AvgIpc) is 2.88. The van der Waals surface area contributed by atoms with Crippen LogP contribution in [0.1, 0.15) is 22.3 Å². The number of nitrogens with one attached hydrogen (secondary N) is 2. The molecular weight excluding hydrogens is 388 g/mol. The Hall–Kier alpha value is -3.93. The maximum absolute atomic E-state index is 13.2. The number of benzodiazepines with no additional fused rings is 1. The van der Waals surface area contributed by atoms with E-state index < -0.39 is 12.2 Å². The number of fused-ring (bicyclic) bond motifs is 1. The molecule has 3 aromatic carbocycles. The van der Waals surface area contributed by atoms with Gasteiger partial charge < -0.3 is 15.5 Å². The number of hydrogen-bond donors (Lipinski definition) is 2. The predicted octanol–water partition coefficient (Wildman–Crippen LogP) is 4.27. The van der Waals surface area contributed by atoms with Crippen molar-refractivity contribution < 1.29 is 9.59 Å². The van der Waals surface area contributed by atoms with Crippen LogP contribution in [0, 0.1) is 13.8 Å². The second-order valence-electron chi connectivity index (χ2n) is 7.53. The minimum Gasteiger partial charge on any atom is -0.311 e. The molecule has 4 rings (SSSR count). The molecule has 2 N–H and O–H groups in total. The molecule has 1 heterocycles. The molecule has 0 fully saturated rings. The molecule has 1 aliphatic rings. The topological polar surface area (TPSA) is 73.8 Å². The van der Waals surface area contributed by atoms with Crippen molar-refractivity contribution in [3.05, 3.63) is 95.1 Å². The third kappa shape index (κ3) is 4.05. The largest absolute Gasteiger partial charge is 0.321 e. The van der Waals surface area contributed by atoms with E-state index >= 15 is 0 Å². The summed E-state index contributed by atoms with van der Waals surface area (Å²) >= 11 is 0. The first-order valence-corrected chi connectivity index (χ1v) is 10.1. The molecular formula is C25H24N4O2. The minimum atomic E-state index is -1.06. The second-order valence-corrected chi connectivity index (χ2v) is 7.53. The number of carbonyl (C=O) groups excluding carboxylic acids is 2. The smallest absolute Gasteiger partial charge is 0.311 e. The van der Waals surface area contributed by atoms with Crippen LogP contribution in [0.3, 0.4) is 0 Å². The van der Waals surface area contributed by atoms with E-state index in [2.05, 4.69) is 10.6 Å². The number of anilines is 2. The Labute approximate surface area is 181 Å². The molecule has 0 aromatic heterocycles. The fourth-order valence-corrected chi connectivity index (χ4v) is 3.73. The lowest BCUT2D eigenvalue weighted by Gasteiger charge is -2.21. The molecule has 1 atom stereocenters. The first-order valence-electron chi connectivity index (χ1n) is 10.1. The molecule has 0 bridgehead atoms. The highest BCUT2D eigenvalue weighted by molar-refractivity contribution is 6.20. The van der Waals surface area contributed by atoms with Gasteiger partial charge >= 0.3 is 6.03 Å². The van der Waals surface area contributed by atoms with Gasteiger partial charge in [-0.1, -0.05) is 66.7 Å². The van der Waals surface area contributed by atoms with E-state index in [1.54, 1.807) is 11.9 Å². The Morgan fingerprint density at radius 1 is 0.903 bits per heavy atom. The van der Waals surface area contributed by atoms with Crippen molar-refractivity contribution in [3.63, 3.8) is 0 Å². The van der Waals surface area contributed by atoms with Gasteiger partial charge in [-0.15, -0.1) is 0 Å². The zero-order valence-electron chi connectivity index (χ0n) is 17.7. The number of amides is 3. The molecule has 31 heavy (non-hydrogen) atoms. The van der Waals surface area contributed by atoms with Crippen LogP contribution in [-0.2, 0) is 4.79 Å². The van der Waals surface area contributed by atoms with Crippen molar-refractivity contribution in [2.75, 3.05) is 17.3 Å². The summed E-state index contributed by atoms with van der Waals surface area (Å²) in [6, 6.07) is 22.6. The van der Waals surface area contributed by atoms with E-state index in [1.165, 1.54) is 0 Å². The lowest BCUT2D eigenvalue weighted by atomic mass is 10.0. The first kappa shape index (κ1) is 20.3. The van der Waals surface area contributed by atoms with Gasteiger partial charge in [-0.3, -0.25) is 4.79 Å². The summed E-state index contributed by atoms with van der Waals surface area (Å²) in [5, 5.41) is 5.62. The Morgan fingerprint density at radius 2 is 1.55 bits per heavy atom. The van der Waals surface area contributed by atoms with Crippen molar-refractivity contribution >= 4 is 29.0 Å². The van der Waals surface area contributed by atoms with E-state index in [4.69, 9.17) is 4.99 Å². The summed E-state index contributed by atoms with van der Waals surface area (Å²) in [7, 11) is 1.70. The first-order chi connectivity index (χ1) is 15.0. The van der Waals surface area contributed by atoms with Gasteiger partial charge in [-0.2, -0.15) is 0 Å². The third-order valence-electron chi connectivity index (χ3n) is 5.38. The number of aryl methyl sites for hydroxylation is 2. The molecule has 6 heteroatoms. The highest BCUT2D eigenvalue weighted by atomic mass is 16.2. The highest BCUT2D eigenvalue weighted by Crippen LogP contribution is 2.27. The Morgan fingerprint density at radius 3 is 2.26 bits per heavy atom. The fourth-order valence-electron chi connectivity index (χ4n) is 3.73. The molecule has 1 aliphatic heterocycles. The van der Waals surface area contributed by atoms with Crippen LogP contribution in [0.25, 0.3) is 0 Å². The van der Waals surface area contributed by atoms with Crippen molar-refractivity contribution in [2.24, 2.45) is 4.99 Å². The number of likely N-dealkylation sites (N-methyl/N-ethyl adjacent to an activating group) is 1. The number of aliphatic imine (C=N–C) groups is 1. The Kier molecular flexibility index (Phi) is 5.54. The van der Waals surface area contributed by atoms with E-state index in [1.807, 2.05) is 86.6 Å². The van der Waals surface area contributed by atoms with E-state index in [-0.39, 0.29) is 5.91 Å². The van der Waals surface area contributed by atoms with Gasteiger partial charge in [0.05, 0.1) is 11.4 Å². The maximum atomic E-state index is 13.2. The zero-order valence-corrected chi connectivity index (χ0v) is 17.7. The quantitative estimate of drug-likeness (QED) is 0.674. The van der Waals surface area contributed by atoms with Gasteiger partial charge in [-0.05, 0) is 31.0 Å². The number of hydrogen-bond acceptors (Lipinski definition) is 3. The minimum absolute atomic E-state index is 0.310. The number of para-hydroxylation sites is 2. The molecule has 1 unspecified atom stereocenters.